The quantitative estimate of drug-likeness (QED) is 0.0400. The maximum atomic E-state index is 11.6. The summed E-state index contributed by atoms with van der Waals surface area (Å²) in [6.07, 6.45) is 9.72. The number of likely N-dealkylation sites (tertiary alicyclic amines) is 3. The van der Waals surface area contributed by atoms with Gasteiger partial charge in [0, 0.05) is 159 Å². The molecule has 4 aromatic rings. The summed E-state index contributed by atoms with van der Waals surface area (Å²) in [6.45, 7) is 45.7. The average molecular weight is 1800 g/mol. The maximum absolute atomic E-state index is 11.6. The van der Waals surface area contributed by atoms with Crippen LogP contribution in [0.25, 0.3) is 21.8 Å². The van der Waals surface area contributed by atoms with E-state index in [2.05, 4.69) is 89.3 Å². The van der Waals surface area contributed by atoms with Gasteiger partial charge in [0.15, 0.2) is 0 Å². The standard InChI is InChI=1S/C22H31ClN4O3.C16H30N2O5.C11H10BrClN2.C11H22N2O3.C9H17NO3.C7H14BrNO2.3ClH/c1-21(2)16-28-22(30-29-21)6-12-27(13-7-22)14-11-24-9-10-26-19-5-8-25-20-15-17(23)3-4-18(19)20;1-14(2,3)21-13(19)17-8-11-18-9-6-16(7-10-18)20-12-15(4,5)22-23-16;12-4-6-15-10-3-5-14-11-7-8(13)1-2-9(10)11;1-10(2)9-14-11(16-15-10)3-6-13(7-4-11)8-5-12;1-8(2)7-11-9(13-12-8)3-5-10-6-4-9;1-7(2,3)11-6(10)9-5-4-8;;;/h3-5,8,15,24H,6-7,9-14,16H2,1-2H3,(H,25,26);6-12H2,1-5H3,(H,17,19);1-3,5,7H,4,6H2,(H,14,15);3-9,12H2,1-2H3;10H,3-7H2,1-2H3;4-5H2,1-3H3,(H,9,10);3*1H. The fourth-order valence-corrected chi connectivity index (χ4v) is 12.9. The van der Waals surface area contributed by atoms with Crippen LogP contribution in [0.2, 0.25) is 10.0 Å². The molecule has 0 radical (unpaired) electrons. The summed E-state index contributed by atoms with van der Waals surface area (Å²) in [4.78, 5) is 81.1. The zero-order chi connectivity index (χ0) is 78.8. The second kappa shape index (κ2) is 47.0. The Balaban J connectivity index is 0.000000289. The second-order valence-corrected chi connectivity index (χ2v) is 35.2. The Bertz CT molecular complexity index is 3320. The molecule has 111 heavy (non-hydrogen) atoms. The SMILES string of the molecule is CC(C)(C)OC(=O)NCCBr.CC(C)(C)OC(=O)NCCN1CCC2(CC1)OCC(C)(C)OO2.CC1(C)COC2(CCN(CCNCCNc3ccnc4cc(Cl)ccc34)CC2)OO1.CC1(C)COC2(CC[NH+](CC[NH3+])CC2)OO1.CC1(C)COC2(CC[NH2+]CC2)OO1.Clc1ccc2c(NCCBr)ccnc2c1.[Cl-].[Cl-].[Cl-]. The molecule has 11 N–H and O–H groups in total. The third-order valence-corrected chi connectivity index (χ3v) is 19.5. The molecule has 0 atom stereocenters. The van der Waals surface area contributed by atoms with Gasteiger partial charge in [0.1, 0.15) is 46.7 Å². The number of fused-ring (bicyclic) bond motifs is 2. The number of piperidine rings is 4. The number of halogens is 7. The zero-order valence-electron chi connectivity index (χ0n) is 67.7. The van der Waals surface area contributed by atoms with Crippen LogP contribution in [0.3, 0.4) is 0 Å². The van der Waals surface area contributed by atoms with Gasteiger partial charge >= 0.3 is 12.2 Å². The number of nitrogens with zero attached hydrogens (tertiary/aromatic N) is 4. The molecular formula is C76H127Br2Cl5N12O16. The smallest absolute Gasteiger partial charge is 0.407 e. The van der Waals surface area contributed by atoms with E-state index >= 15 is 0 Å². The van der Waals surface area contributed by atoms with Crippen molar-refractivity contribution in [2.45, 2.75) is 205 Å². The van der Waals surface area contributed by atoms with E-state index in [0.29, 0.717) is 49.6 Å². The van der Waals surface area contributed by atoms with Gasteiger partial charge < -0.3 is 118 Å². The molecule has 0 saturated carbocycles. The van der Waals surface area contributed by atoms with Crippen LogP contribution in [0.1, 0.15) is 148 Å². The summed E-state index contributed by atoms with van der Waals surface area (Å²) in [7, 11) is 0. The molecule has 8 fully saturated rings. The highest BCUT2D eigenvalue weighted by molar-refractivity contribution is 9.09. The van der Waals surface area contributed by atoms with Gasteiger partial charge in [0.2, 0.25) is 23.1 Å². The maximum Gasteiger partial charge on any atom is 0.407 e. The topological polar surface area (TPSA) is 304 Å². The third-order valence-electron chi connectivity index (χ3n) is 18.3. The number of alkyl halides is 2. The molecule has 35 heteroatoms. The number of amides is 2. The largest absolute Gasteiger partial charge is 1.00 e. The molecule has 2 aromatic heterocycles. The minimum absolute atomic E-state index is 0. The van der Waals surface area contributed by atoms with Gasteiger partial charge in [-0.1, -0.05) is 55.1 Å². The first kappa shape index (κ1) is 100. The van der Waals surface area contributed by atoms with E-state index in [-0.39, 0.29) is 71.8 Å². The van der Waals surface area contributed by atoms with Crippen molar-refractivity contribution < 1.29 is 130 Å². The number of carbonyl (C=O) groups excluding carboxylic acids is 2. The number of rotatable bonds is 17. The monoisotopic (exact) mass is 1800 g/mol. The number of pyridine rings is 2. The number of nitrogens with two attached hydrogens (primary N) is 1. The molecule has 0 unspecified atom stereocenters. The van der Waals surface area contributed by atoms with Crippen LogP contribution < -0.4 is 79.8 Å². The van der Waals surface area contributed by atoms with Gasteiger partial charge in [-0.25, -0.2) is 38.9 Å². The lowest BCUT2D eigenvalue weighted by atomic mass is 10.0. The summed E-state index contributed by atoms with van der Waals surface area (Å²) < 4.78 is 33.7. The van der Waals surface area contributed by atoms with Crippen molar-refractivity contribution in [3.8, 4) is 0 Å². The molecule has 0 bridgehead atoms. The van der Waals surface area contributed by atoms with E-state index in [1.807, 2.05) is 152 Å². The number of nitrogens with one attached hydrogen (secondary N) is 6. The average Bonchev–Trinajstić information content (AvgIpc) is 0.822. The fourth-order valence-electron chi connectivity index (χ4n) is 12.2. The molecule has 10 heterocycles. The van der Waals surface area contributed by atoms with E-state index in [4.69, 9.17) is 90.7 Å². The van der Waals surface area contributed by atoms with Gasteiger partial charge in [-0.2, -0.15) is 9.78 Å². The number of hydrogen-bond acceptors (Lipinski definition) is 23. The van der Waals surface area contributed by atoms with Crippen molar-refractivity contribution in [1.29, 1.82) is 0 Å². The Morgan fingerprint density at radius 1 is 0.514 bits per heavy atom. The van der Waals surface area contributed by atoms with Gasteiger partial charge in [-0.3, -0.25) is 9.97 Å². The first-order valence-electron chi connectivity index (χ1n) is 38.2. The fraction of sp³-hybridized carbons (Fsp3) is 0.737. The normalized spacial score (nSPS) is 22.6. The molecule has 636 valence electrons. The Kier molecular flexibility index (Phi) is 42.6. The third kappa shape index (κ3) is 36.1. The number of ether oxygens (including phenoxy) is 6. The van der Waals surface area contributed by atoms with E-state index in [1.54, 1.807) is 11.1 Å². The second-order valence-electron chi connectivity index (χ2n) is 32.8. The van der Waals surface area contributed by atoms with E-state index in [1.165, 1.54) is 0 Å². The zero-order valence-corrected chi connectivity index (χ0v) is 74.6. The Morgan fingerprint density at radius 2 is 0.883 bits per heavy atom. The van der Waals surface area contributed by atoms with Crippen LogP contribution in [0, 0.1) is 0 Å². The van der Waals surface area contributed by atoms with Crippen molar-refractivity contribution in [2.24, 2.45) is 0 Å². The Morgan fingerprint density at radius 3 is 1.25 bits per heavy atom. The van der Waals surface area contributed by atoms with Crippen LogP contribution in [0.4, 0.5) is 21.0 Å². The lowest BCUT2D eigenvalue weighted by molar-refractivity contribution is -0.915. The summed E-state index contributed by atoms with van der Waals surface area (Å²) in [6, 6.07) is 15.5. The molecule has 8 aliphatic rings. The van der Waals surface area contributed by atoms with E-state index < -0.39 is 34.4 Å². The number of anilines is 2. The van der Waals surface area contributed by atoms with Crippen molar-refractivity contribution in [1.82, 2.24) is 35.7 Å². The molecule has 28 nitrogen and oxygen atoms in total. The lowest BCUT2D eigenvalue weighted by Crippen LogP contribution is -3.15. The summed E-state index contributed by atoms with van der Waals surface area (Å²) in [5.74, 6) is -2.07. The van der Waals surface area contributed by atoms with Crippen molar-refractivity contribution in [3.63, 3.8) is 0 Å². The lowest BCUT2D eigenvalue weighted by Gasteiger charge is -2.45. The van der Waals surface area contributed by atoms with Crippen molar-refractivity contribution in [2.75, 3.05) is 166 Å². The minimum atomic E-state index is -0.607. The Labute approximate surface area is 703 Å². The summed E-state index contributed by atoms with van der Waals surface area (Å²) in [5.41, 5.74) is 5.65. The highest BCUT2D eigenvalue weighted by Gasteiger charge is 2.49. The Hall–Kier alpha value is -2.91. The molecule has 2 aromatic carbocycles. The minimum Gasteiger partial charge on any atom is -1.00 e. The summed E-state index contributed by atoms with van der Waals surface area (Å²) in [5, 5.41) is 23.2. The van der Waals surface area contributed by atoms with Crippen LogP contribution >= 0.6 is 55.1 Å². The van der Waals surface area contributed by atoms with Gasteiger partial charge in [-0.15, -0.1) is 0 Å². The number of alkyl carbamates (subject to hydrolysis) is 2. The first-order chi connectivity index (χ1) is 51.0. The van der Waals surface area contributed by atoms with Crippen LogP contribution in [0.15, 0.2) is 60.9 Å². The van der Waals surface area contributed by atoms with Gasteiger partial charge in [0.05, 0.1) is 89.3 Å². The number of hydrogen-bond donors (Lipinski definition) is 8. The number of quaternary nitrogens is 3. The van der Waals surface area contributed by atoms with E-state index in [0.717, 1.165) is 200 Å². The number of aromatic nitrogens is 2. The molecule has 12 rings (SSSR count). The predicted octanol–water partition coefficient (Wildman–Crippen LogP) is 0.269. The highest BCUT2D eigenvalue weighted by atomic mass is 79.9. The number of benzene rings is 2. The molecule has 2 amide bonds. The van der Waals surface area contributed by atoms with Gasteiger partial charge in [-0.05, 0) is 145 Å². The molecule has 8 saturated heterocycles. The molecule has 0 aliphatic carbocycles. The highest BCUT2D eigenvalue weighted by Crippen LogP contribution is 2.38. The van der Waals surface area contributed by atoms with Gasteiger partial charge in [0.25, 0.3) is 0 Å². The predicted molar refractivity (Wildman–Crippen MR) is 424 cm³/mol. The molecular weight excluding hydrogens is 1670 g/mol. The first-order valence-corrected chi connectivity index (χ1v) is 41.2. The van der Waals surface area contributed by atoms with E-state index in [9.17, 15) is 9.59 Å². The summed E-state index contributed by atoms with van der Waals surface area (Å²) >= 11 is 18.5. The number of carbonyl (C=O) groups is 2. The van der Waals surface area contributed by atoms with Crippen molar-refractivity contribution in [3.05, 3.63) is 71.0 Å². The van der Waals surface area contributed by atoms with Crippen LogP contribution in [-0.2, 0) is 67.5 Å². The molecule has 4 spiro atoms. The van der Waals surface area contributed by atoms with Crippen LogP contribution in [0.5, 0.6) is 0 Å². The van der Waals surface area contributed by atoms with Crippen molar-refractivity contribution >= 4 is 100 Å². The van der Waals surface area contributed by atoms with Crippen LogP contribution in [-0.4, -0.2) is 244 Å². The molecule has 8 aliphatic heterocycles.